The fourth-order valence-electron chi connectivity index (χ4n) is 2.26. The third-order valence-electron chi connectivity index (χ3n) is 3.30. The summed E-state index contributed by atoms with van der Waals surface area (Å²) in [6, 6.07) is 8.28. The zero-order valence-corrected chi connectivity index (χ0v) is 11.6. The van der Waals surface area contributed by atoms with Crippen LogP contribution in [-0.2, 0) is 19.6 Å². The monoisotopic (exact) mass is 283 g/mol. The van der Waals surface area contributed by atoms with Gasteiger partial charge in [0.25, 0.3) is 0 Å². The van der Waals surface area contributed by atoms with E-state index in [1.54, 1.807) is 30.3 Å². The molecule has 0 radical (unpaired) electrons. The lowest BCUT2D eigenvalue weighted by atomic mass is 10.0. The van der Waals surface area contributed by atoms with Crippen LogP contribution >= 0.6 is 0 Å². The number of carbonyl (C=O) groups excluding carboxylic acids is 1. The van der Waals surface area contributed by atoms with Crippen molar-refractivity contribution in [2.75, 3.05) is 20.2 Å². The van der Waals surface area contributed by atoms with E-state index < -0.39 is 10.0 Å². The molecule has 6 heteroatoms. The van der Waals surface area contributed by atoms with Crippen molar-refractivity contribution in [1.82, 2.24) is 4.31 Å². The molecule has 19 heavy (non-hydrogen) atoms. The van der Waals surface area contributed by atoms with E-state index in [9.17, 15) is 13.2 Å². The first-order valence-electron chi connectivity index (χ1n) is 6.18. The van der Waals surface area contributed by atoms with Crippen molar-refractivity contribution in [2.45, 2.75) is 17.7 Å². The van der Waals surface area contributed by atoms with Gasteiger partial charge in [-0.25, -0.2) is 8.42 Å². The number of sulfonamides is 1. The summed E-state index contributed by atoms with van der Waals surface area (Å²) in [5, 5.41) is 0. The van der Waals surface area contributed by atoms with E-state index in [0.29, 0.717) is 19.4 Å². The SMILES string of the molecule is COC(=O)[C@H]1CCCN(S(=O)(=O)c2ccccc2)C1. The second-order valence-electron chi connectivity index (χ2n) is 4.54. The van der Waals surface area contributed by atoms with Gasteiger partial charge in [-0.05, 0) is 25.0 Å². The molecule has 1 saturated heterocycles. The van der Waals surface area contributed by atoms with Gasteiger partial charge in [0, 0.05) is 13.1 Å². The Morgan fingerprint density at radius 3 is 2.63 bits per heavy atom. The third kappa shape index (κ3) is 2.96. The third-order valence-corrected chi connectivity index (χ3v) is 5.18. The Balaban J connectivity index is 2.20. The van der Waals surface area contributed by atoms with Gasteiger partial charge in [-0.1, -0.05) is 18.2 Å². The van der Waals surface area contributed by atoms with Crippen LogP contribution in [-0.4, -0.2) is 38.9 Å². The number of hydrogen-bond acceptors (Lipinski definition) is 4. The molecule has 0 N–H and O–H groups in total. The maximum Gasteiger partial charge on any atom is 0.309 e. The lowest BCUT2D eigenvalue weighted by Gasteiger charge is -2.30. The zero-order valence-electron chi connectivity index (χ0n) is 10.8. The lowest BCUT2D eigenvalue weighted by Crippen LogP contribution is -2.42. The average Bonchev–Trinajstić information content (AvgIpc) is 2.47. The minimum Gasteiger partial charge on any atom is -0.469 e. The highest BCUT2D eigenvalue weighted by atomic mass is 32.2. The Labute approximate surface area is 113 Å². The van der Waals surface area contributed by atoms with Gasteiger partial charge in [0.1, 0.15) is 0 Å². The summed E-state index contributed by atoms with van der Waals surface area (Å²) < 4.78 is 30.9. The second-order valence-corrected chi connectivity index (χ2v) is 6.48. The van der Waals surface area contributed by atoms with Gasteiger partial charge in [-0.15, -0.1) is 0 Å². The first-order chi connectivity index (χ1) is 9.05. The Kier molecular flexibility index (Phi) is 4.21. The highest BCUT2D eigenvalue weighted by Gasteiger charge is 2.33. The summed E-state index contributed by atoms with van der Waals surface area (Å²) in [4.78, 5) is 11.8. The van der Waals surface area contributed by atoms with Gasteiger partial charge >= 0.3 is 5.97 Å². The van der Waals surface area contributed by atoms with Gasteiger partial charge in [0.15, 0.2) is 0 Å². The largest absolute Gasteiger partial charge is 0.469 e. The molecule has 0 amide bonds. The summed E-state index contributed by atoms with van der Waals surface area (Å²) in [7, 11) is -2.18. The van der Waals surface area contributed by atoms with Crippen LogP contribution in [0.15, 0.2) is 35.2 Å². The van der Waals surface area contributed by atoms with Crippen molar-refractivity contribution in [3.05, 3.63) is 30.3 Å². The predicted molar refractivity (Wildman–Crippen MR) is 69.9 cm³/mol. The molecule has 2 rings (SSSR count). The number of hydrogen-bond donors (Lipinski definition) is 0. The molecule has 1 aliphatic heterocycles. The molecule has 1 fully saturated rings. The normalized spacial score (nSPS) is 21.0. The average molecular weight is 283 g/mol. The number of piperidine rings is 1. The van der Waals surface area contributed by atoms with Gasteiger partial charge < -0.3 is 4.74 Å². The van der Waals surface area contributed by atoms with Crippen LogP contribution in [0.5, 0.6) is 0 Å². The molecule has 1 aliphatic rings. The summed E-state index contributed by atoms with van der Waals surface area (Å²) >= 11 is 0. The van der Waals surface area contributed by atoms with Gasteiger partial charge in [0.2, 0.25) is 10.0 Å². The van der Waals surface area contributed by atoms with Crippen LogP contribution in [0.2, 0.25) is 0 Å². The van der Waals surface area contributed by atoms with E-state index in [4.69, 9.17) is 4.74 Å². The molecule has 1 aromatic carbocycles. The molecular weight excluding hydrogens is 266 g/mol. The van der Waals surface area contributed by atoms with Crippen LogP contribution in [0, 0.1) is 5.92 Å². The molecule has 1 heterocycles. The minimum atomic E-state index is -3.51. The molecule has 5 nitrogen and oxygen atoms in total. The Morgan fingerprint density at radius 2 is 2.00 bits per heavy atom. The summed E-state index contributed by atoms with van der Waals surface area (Å²) in [5.41, 5.74) is 0. The van der Waals surface area contributed by atoms with E-state index in [-0.39, 0.29) is 23.3 Å². The maximum atomic E-state index is 12.4. The van der Waals surface area contributed by atoms with Gasteiger partial charge in [0.05, 0.1) is 17.9 Å². The number of benzene rings is 1. The molecule has 1 atom stereocenters. The van der Waals surface area contributed by atoms with Crippen LogP contribution in [0.25, 0.3) is 0 Å². The molecule has 0 saturated carbocycles. The zero-order chi connectivity index (χ0) is 13.9. The van der Waals surface area contributed by atoms with Crippen LogP contribution in [0.1, 0.15) is 12.8 Å². The smallest absolute Gasteiger partial charge is 0.309 e. The standard InChI is InChI=1S/C13H17NO4S/c1-18-13(15)11-6-5-9-14(10-11)19(16,17)12-7-3-2-4-8-12/h2-4,7-8,11H,5-6,9-10H2,1H3/t11-/m0/s1. The molecule has 0 spiro atoms. The van der Waals surface area contributed by atoms with Crippen LogP contribution in [0.4, 0.5) is 0 Å². The van der Waals surface area contributed by atoms with Crippen molar-refractivity contribution < 1.29 is 17.9 Å². The summed E-state index contributed by atoms with van der Waals surface area (Å²) in [6.45, 7) is 0.647. The number of ether oxygens (including phenoxy) is 1. The van der Waals surface area contributed by atoms with E-state index >= 15 is 0 Å². The van der Waals surface area contributed by atoms with Crippen molar-refractivity contribution in [1.29, 1.82) is 0 Å². The van der Waals surface area contributed by atoms with E-state index in [2.05, 4.69) is 0 Å². The molecule has 0 bridgehead atoms. The first kappa shape index (κ1) is 14.0. The Morgan fingerprint density at radius 1 is 1.32 bits per heavy atom. The highest BCUT2D eigenvalue weighted by Crippen LogP contribution is 2.24. The van der Waals surface area contributed by atoms with E-state index in [1.165, 1.54) is 11.4 Å². The van der Waals surface area contributed by atoms with Crippen molar-refractivity contribution >= 4 is 16.0 Å². The number of rotatable bonds is 3. The first-order valence-corrected chi connectivity index (χ1v) is 7.62. The highest BCUT2D eigenvalue weighted by molar-refractivity contribution is 7.89. The maximum absolute atomic E-state index is 12.4. The molecule has 104 valence electrons. The predicted octanol–water partition coefficient (Wildman–Crippen LogP) is 1.26. The number of carbonyl (C=O) groups is 1. The molecule has 1 aromatic rings. The van der Waals surface area contributed by atoms with Crippen molar-refractivity contribution in [3.8, 4) is 0 Å². The fraction of sp³-hybridized carbons (Fsp3) is 0.462. The number of methoxy groups -OCH3 is 1. The molecule has 0 aliphatic carbocycles. The van der Waals surface area contributed by atoms with Crippen LogP contribution < -0.4 is 0 Å². The van der Waals surface area contributed by atoms with E-state index in [1.807, 2.05) is 0 Å². The summed E-state index contributed by atoms with van der Waals surface area (Å²) in [6.07, 6.45) is 1.35. The minimum absolute atomic E-state index is 0.198. The molecule has 0 unspecified atom stereocenters. The molecular formula is C13H17NO4S. The summed E-state index contributed by atoms with van der Waals surface area (Å²) in [5.74, 6) is -0.704. The number of esters is 1. The van der Waals surface area contributed by atoms with Gasteiger partial charge in [-0.2, -0.15) is 4.31 Å². The topological polar surface area (TPSA) is 63.7 Å². The van der Waals surface area contributed by atoms with Crippen LogP contribution in [0.3, 0.4) is 0 Å². The Hall–Kier alpha value is -1.40. The second kappa shape index (κ2) is 5.71. The van der Waals surface area contributed by atoms with Crippen molar-refractivity contribution in [2.24, 2.45) is 5.92 Å². The fourth-order valence-corrected chi connectivity index (χ4v) is 3.81. The van der Waals surface area contributed by atoms with Gasteiger partial charge in [-0.3, -0.25) is 4.79 Å². The Bertz CT molecular complexity index is 541. The van der Waals surface area contributed by atoms with Crippen molar-refractivity contribution in [3.63, 3.8) is 0 Å². The van der Waals surface area contributed by atoms with E-state index in [0.717, 1.165) is 0 Å². The quantitative estimate of drug-likeness (QED) is 0.783. The molecule has 0 aromatic heterocycles. The number of nitrogens with zero attached hydrogens (tertiary/aromatic N) is 1. The lowest BCUT2D eigenvalue weighted by molar-refractivity contribution is -0.146.